The Hall–Kier alpha value is -2.08. The Morgan fingerprint density at radius 3 is 2.85 bits per heavy atom. The van der Waals surface area contributed by atoms with Gasteiger partial charge in [-0.2, -0.15) is 0 Å². The molecule has 110 valence electrons. The molecule has 0 saturated carbocycles. The Labute approximate surface area is 118 Å². The fourth-order valence-electron chi connectivity index (χ4n) is 1.58. The Morgan fingerprint density at radius 2 is 2.15 bits per heavy atom. The molecule has 0 fully saturated rings. The zero-order chi connectivity index (χ0) is 14.8. The summed E-state index contributed by atoms with van der Waals surface area (Å²) < 4.78 is 4.98. The van der Waals surface area contributed by atoms with E-state index in [1.54, 1.807) is 0 Å². The number of hydrazine groups is 1. The van der Waals surface area contributed by atoms with E-state index >= 15 is 0 Å². The maximum atomic E-state index is 11.4. The molecule has 1 aromatic rings. The van der Waals surface area contributed by atoms with Crippen LogP contribution in [0, 0.1) is 6.92 Å². The number of rotatable bonds is 8. The highest BCUT2D eigenvalue weighted by Crippen LogP contribution is 2.11. The van der Waals surface area contributed by atoms with Gasteiger partial charge in [0.25, 0.3) is 0 Å². The van der Waals surface area contributed by atoms with Crippen LogP contribution in [0.1, 0.15) is 24.8 Å². The number of ether oxygens (including phenoxy) is 1. The summed E-state index contributed by atoms with van der Waals surface area (Å²) in [4.78, 5) is 21.7. The second kappa shape index (κ2) is 8.92. The standard InChI is InChI=1S/C14H21N3O3/c1-11-6-2-3-8-13(11)16-17-14(19)20-9-5-4-7-12(15)10-18/h2-3,6,8,10,12,16H,4-5,7,9,15H2,1H3,(H,17,19). The first-order valence-electron chi connectivity index (χ1n) is 6.58. The van der Waals surface area contributed by atoms with Crippen molar-refractivity contribution >= 4 is 18.1 Å². The number of hydrogen-bond acceptors (Lipinski definition) is 5. The van der Waals surface area contributed by atoms with Gasteiger partial charge in [-0.25, -0.2) is 10.2 Å². The molecule has 0 aliphatic heterocycles. The number of aryl methyl sites for hydroxylation is 1. The molecule has 0 spiro atoms. The van der Waals surface area contributed by atoms with E-state index in [0.717, 1.165) is 24.0 Å². The summed E-state index contributed by atoms with van der Waals surface area (Å²) in [7, 11) is 0. The summed E-state index contributed by atoms with van der Waals surface area (Å²) in [5, 5.41) is 0. The van der Waals surface area contributed by atoms with Crippen LogP contribution < -0.4 is 16.6 Å². The molecule has 1 unspecified atom stereocenters. The summed E-state index contributed by atoms with van der Waals surface area (Å²) in [5.41, 5.74) is 12.5. The van der Waals surface area contributed by atoms with Crippen LogP contribution >= 0.6 is 0 Å². The van der Waals surface area contributed by atoms with Crippen molar-refractivity contribution in [3.63, 3.8) is 0 Å². The van der Waals surface area contributed by atoms with Gasteiger partial charge in [-0.05, 0) is 37.8 Å². The third kappa shape index (κ3) is 6.19. The number of benzene rings is 1. The van der Waals surface area contributed by atoms with E-state index in [1.807, 2.05) is 31.2 Å². The normalized spacial score (nSPS) is 11.5. The van der Waals surface area contributed by atoms with E-state index in [0.29, 0.717) is 19.4 Å². The van der Waals surface area contributed by atoms with Gasteiger partial charge < -0.3 is 15.3 Å². The minimum atomic E-state index is -0.534. The summed E-state index contributed by atoms with van der Waals surface area (Å²) in [6, 6.07) is 7.16. The van der Waals surface area contributed by atoms with E-state index in [4.69, 9.17) is 10.5 Å². The summed E-state index contributed by atoms with van der Waals surface area (Å²) in [6.07, 6.45) is 2.22. The van der Waals surface area contributed by atoms with Crippen LogP contribution in [0.2, 0.25) is 0 Å². The molecule has 0 bridgehead atoms. The van der Waals surface area contributed by atoms with Crippen molar-refractivity contribution in [2.75, 3.05) is 12.0 Å². The second-order valence-electron chi connectivity index (χ2n) is 4.50. The highest BCUT2D eigenvalue weighted by molar-refractivity contribution is 5.69. The number of carbonyl (C=O) groups excluding carboxylic acids is 2. The number of amides is 1. The van der Waals surface area contributed by atoms with Crippen molar-refractivity contribution in [2.45, 2.75) is 32.2 Å². The zero-order valence-corrected chi connectivity index (χ0v) is 11.6. The fraction of sp³-hybridized carbons (Fsp3) is 0.429. The van der Waals surface area contributed by atoms with Crippen LogP contribution in [-0.2, 0) is 9.53 Å². The number of nitrogens with two attached hydrogens (primary N) is 1. The molecule has 1 aromatic carbocycles. The van der Waals surface area contributed by atoms with E-state index in [2.05, 4.69) is 10.9 Å². The molecule has 1 amide bonds. The van der Waals surface area contributed by atoms with E-state index in [1.165, 1.54) is 0 Å². The Morgan fingerprint density at radius 1 is 1.40 bits per heavy atom. The van der Waals surface area contributed by atoms with Crippen molar-refractivity contribution in [3.05, 3.63) is 29.8 Å². The minimum absolute atomic E-state index is 0.298. The van der Waals surface area contributed by atoms with Crippen molar-refractivity contribution in [1.29, 1.82) is 0 Å². The maximum absolute atomic E-state index is 11.4. The molecule has 6 nitrogen and oxygen atoms in total. The van der Waals surface area contributed by atoms with E-state index < -0.39 is 12.1 Å². The number of unbranched alkanes of at least 4 members (excludes halogenated alkanes) is 1. The summed E-state index contributed by atoms with van der Waals surface area (Å²) >= 11 is 0. The molecule has 1 atom stereocenters. The number of hydrogen-bond donors (Lipinski definition) is 3. The van der Waals surface area contributed by atoms with Crippen LogP contribution in [0.3, 0.4) is 0 Å². The van der Waals surface area contributed by atoms with Gasteiger partial charge in [0.1, 0.15) is 6.29 Å². The van der Waals surface area contributed by atoms with Gasteiger partial charge in [0.15, 0.2) is 0 Å². The molecule has 0 aliphatic rings. The molecule has 20 heavy (non-hydrogen) atoms. The van der Waals surface area contributed by atoms with Crippen LogP contribution in [0.15, 0.2) is 24.3 Å². The second-order valence-corrected chi connectivity index (χ2v) is 4.50. The molecule has 0 heterocycles. The van der Waals surface area contributed by atoms with Crippen molar-refractivity contribution in [3.8, 4) is 0 Å². The molecule has 0 aliphatic carbocycles. The van der Waals surface area contributed by atoms with Crippen LogP contribution in [0.5, 0.6) is 0 Å². The largest absolute Gasteiger partial charge is 0.448 e. The minimum Gasteiger partial charge on any atom is -0.448 e. The lowest BCUT2D eigenvalue weighted by Gasteiger charge is -2.11. The van der Waals surface area contributed by atoms with E-state index in [-0.39, 0.29) is 0 Å². The first-order chi connectivity index (χ1) is 9.63. The number of para-hydroxylation sites is 1. The SMILES string of the molecule is Cc1ccccc1NNC(=O)OCCCCC(N)C=O. The number of anilines is 1. The third-order valence-corrected chi connectivity index (χ3v) is 2.78. The Kier molecular flexibility index (Phi) is 7.13. The quantitative estimate of drug-likeness (QED) is 0.383. The molecular weight excluding hydrogens is 258 g/mol. The van der Waals surface area contributed by atoms with Gasteiger partial charge in [0.2, 0.25) is 0 Å². The Bertz CT molecular complexity index is 437. The van der Waals surface area contributed by atoms with Gasteiger partial charge in [-0.1, -0.05) is 18.2 Å². The van der Waals surface area contributed by atoms with Gasteiger partial charge in [0, 0.05) is 0 Å². The van der Waals surface area contributed by atoms with Gasteiger partial charge in [0.05, 0.1) is 18.3 Å². The monoisotopic (exact) mass is 279 g/mol. The highest BCUT2D eigenvalue weighted by Gasteiger charge is 2.03. The average molecular weight is 279 g/mol. The first kappa shape index (κ1) is 16.0. The van der Waals surface area contributed by atoms with Crippen molar-refractivity contribution < 1.29 is 14.3 Å². The predicted molar refractivity (Wildman–Crippen MR) is 77.2 cm³/mol. The maximum Gasteiger partial charge on any atom is 0.425 e. The van der Waals surface area contributed by atoms with Crippen LogP contribution in [0.4, 0.5) is 10.5 Å². The number of aldehydes is 1. The Balaban J connectivity index is 2.12. The molecule has 0 radical (unpaired) electrons. The fourth-order valence-corrected chi connectivity index (χ4v) is 1.58. The lowest BCUT2D eigenvalue weighted by molar-refractivity contribution is -0.109. The first-order valence-corrected chi connectivity index (χ1v) is 6.58. The lowest BCUT2D eigenvalue weighted by atomic mass is 10.1. The summed E-state index contributed by atoms with van der Waals surface area (Å²) in [5.74, 6) is 0. The average Bonchev–Trinajstić information content (AvgIpc) is 2.45. The predicted octanol–water partition coefficient (Wildman–Crippen LogP) is 1.74. The summed E-state index contributed by atoms with van der Waals surface area (Å²) in [6.45, 7) is 2.23. The molecule has 0 aromatic heterocycles. The third-order valence-electron chi connectivity index (χ3n) is 2.78. The smallest absolute Gasteiger partial charge is 0.425 e. The molecule has 4 N–H and O–H groups in total. The van der Waals surface area contributed by atoms with Crippen LogP contribution in [-0.4, -0.2) is 25.0 Å². The molecule has 0 saturated heterocycles. The van der Waals surface area contributed by atoms with Gasteiger partial charge in [-0.3, -0.25) is 5.43 Å². The molecule has 1 rings (SSSR count). The topological polar surface area (TPSA) is 93.4 Å². The number of carbonyl (C=O) groups is 2. The molecular formula is C14H21N3O3. The zero-order valence-electron chi connectivity index (χ0n) is 11.6. The van der Waals surface area contributed by atoms with E-state index in [9.17, 15) is 9.59 Å². The number of nitrogens with one attached hydrogen (secondary N) is 2. The van der Waals surface area contributed by atoms with Crippen molar-refractivity contribution in [2.24, 2.45) is 5.73 Å². The van der Waals surface area contributed by atoms with Gasteiger partial charge >= 0.3 is 6.09 Å². The highest BCUT2D eigenvalue weighted by atomic mass is 16.6. The lowest BCUT2D eigenvalue weighted by Crippen LogP contribution is -2.30. The van der Waals surface area contributed by atoms with Crippen LogP contribution in [0.25, 0.3) is 0 Å². The molecule has 6 heteroatoms. The van der Waals surface area contributed by atoms with Crippen molar-refractivity contribution in [1.82, 2.24) is 5.43 Å². The van der Waals surface area contributed by atoms with Gasteiger partial charge in [-0.15, -0.1) is 0 Å².